The van der Waals surface area contributed by atoms with Crippen molar-refractivity contribution in [2.75, 3.05) is 39.4 Å². The van der Waals surface area contributed by atoms with E-state index < -0.39 is 0 Å². The first-order valence-electron chi connectivity index (χ1n) is 13.2. The van der Waals surface area contributed by atoms with Gasteiger partial charge in [-0.25, -0.2) is 9.97 Å². The lowest BCUT2D eigenvalue weighted by Crippen LogP contribution is -2.47. The van der Waals surface area contributed by atoms with Crippen molar-refractivity contribution in [3.63, 3.8) is 0 Å². The maximum absolute atomic E-state index is 13.4. The van der Waals surface area contributed by atoms with Gasteiger partial charge in [-0.1, -0.05) is 54.6 Å². The van der Waals surface area contributed by atoms with Gasteiger partial charge in [-0.05, 0) is 55.7 Å². The average Bonchev–Trinajstić information content (AvgIpc) is 3.23. The normalized spacial score (nSPS) is 17.6. The minimum absolute atomic E-state index is 0.0416. The van der Waals surface area contributed by atoms with Crippen LogP contribution in [0, 0.1) is 6.92 Å². The van der Waals surface area contributed by atoms with Crippen LogP contribution in [0.25, 0.3) is 11.1 Å². The topological polar surface area (TPSA) is 58.6 Å². The number of carbonyl (C=O) groups is 1. The van der Waals surface area contributed by atoms with E-state index in [0.717, 1.165) is 82.8 Å². The van der Waals surface area contributed by atoms with Crippen molar-refractivity contribution in [1.29, 1.82) is 0 Å². The summed E-state index contributed by atoms with van der Waals surface area (Å²) in [5.41, 5.74) is 6.13. The molecule has 1 aromatic heterocycles. The number of aromatic nitrogens is 2. The molecule has 3 heterocycles. The van der Waals surface area contributed by atoms with Crippen LogP contribution in [0.1, 0.15) is 46.6 Å². The van der Waals surface area contributed by atoms with Crippen LogP contribution in [0.15, 0.2) is 60.9 Å². The predicted octanol–water partition coefficient (Wildman–Crippen LogP) is 4.56. The molecule has 0 bridgehead atoms. The third-order valence-electron chi connectivity index (χ3n) is 7.60. The number of amides is 1. The lowest BCUT2D eigenvalue weighted by atomic mass is 9.99. The van der Waals surface area contributed by atoms with E-state index in [1.165, 1.54) is 16.7 Å². The van der Waals surface area contributed by atoms with Gasteiger partial charge in [0, 0.05) is 50.1 Å². The van der Waals surface area contributed by atoms with Crippen LogP contribution in [-0.2, 0) is 17.6 Å². The molecule has 0 spiro atoms. The summed E-state index contributed by atoms with van der Waals surface area (Å²) < 4.78 is 5.61. The van der Waals surface area contributed by atoms with E-state index >= 15 is 0 Å². The number of likely N-dealkylation sites (tertiary alicyclic amines) is 1. The van der Waals surface area contributed by atoms with Gasteiger partial charge in [0.1, 0.15) is 12.0 Å². The highest BCUT2D eigenvalue weighted by Crippen LogP contribution is 2.23. The fourth-order valence-corrected chi connectivity index (χ4v) is 5.47. The number of piperidine rings is 1. The Morgan fingerprint density at radius 1 is 0.917 bits per heavy atom. The first-order chi connectivity index (χ1) is 17.7. The first-order valence-corrected chi connectivity index (χ1v) is 13.2. The summed E-state index contributed by atoms with van der Waals surface area (Å²) in [6.07, 6.45) is 6.34. The van der Waals surface area contributed by atoms with Crippen LogP contribution in [-0.4, -0.2) is 71.1 Å². The van der Waals surface area contributed by atoms with E-state index in [1.54, 1.807) is 6.33 Å². The second-order valence-electron chi connectivity index (χ2n) is 9.89. The Bertz CT molecular complexity index is 1150. The number of rotatable bonds is 6. The highest BCUT2D eigenvalue weighted by Gasteiger charge is 2.29. The lowest BCUT2D eigenvalue weighted by molar-refractivity contribution is 0.0602. The van der Waals surface area contributed by atoms with E-state index in [0.29, 0.717) is 11.7 Å². The van der Waals surface area contributed by atoms with E-state index in [1.807, 2.05) is 17.9 Å². The van der Waals surface area contributed by atoms with Gasteiger partial charge in [-0.15, -0.1) is 0 Å². The molecule has 0 saturated carbocycles. The summed E-state index contributed by atoms with van der Waals surface area (Å²) in [5, 5.41) is 0. The Balaban J connectivity index is 1.21. The van der Waals surface area contributed by atoms with Crippen molar-refractivity contribution in [2.24, 2.45) is 0 Å². The van der Waals surface area contributed by atoms with E-state index in [4.69, 9.17) is 4.74 Å². The van der Waals surface area contributed by atoms with Crippen LogP contribution in [0.2, 0.25) is 0 Å². The van der Waals surface area contributed by atoms with Crippen LogP contribution >= 0.6 is 0 Å². The summed E-state index contributed by atoms with van der Waals surface area (Å²) >= 11 is 0. The smallest absolute Gasteiger partial charge is 0.272 e. The van der Waals surface area contributed by atoms with Gasteiger partial charge < -0.3 is 9.64 Å². The summed E-state index contributed by atoms with van der Waals surface area (Å²) in [6, 6.07) is 19.7. The summed E-state index contributed by atoms with van der Waals surface area (Å²) in [4.78, 5) is 26.9. The Labute approximate surface area is 214 Å². The molecule has 36 heavy (non-hydrogen) atoms. The second kappa shape index (κ2) is 11.8. The molecular weight excluding hydrogens is 448 g/mol. The van der Waals surface area contributed by atoms with E-state index in [-0.39, 0.29) is 5.91 Å². The van der Waals surface area contributed by atoms with Gasteiger partial charge in [0.15, 0.2) is 0 Å². The van der Waals surface area contributed by atoms with E-state index in [2.05, 4.69) is 63.4 Å². The summed E-state index contributed by atoms with van der Waals surface area (Å²) in [6.45, 7) is 7.34. The SMILES string of the molecule is Cc1c(CCc2cccc(-c3ccccc3)c2)ncnc1C(=O)N1CCC(N2CCCOCC2)CC1. The zero-order valence-electron chi connectivity index (χ0n) is 21.2. The monoisotopic (exact) mass is 484 g/mol. The highest BCUT2D eigenvalue weighted by atomic mass is 16.5. The fraction of sp³-hybridized carbons (Fsp3) is 0.433. The molecule has 188 valence electrons. The third-order valence-corrected chi connectivity index (χ3v) is 7.60. The number of benzene rings is 2. The maximum Gasteiger partial charge on any atom is 0.272 e. The van der Waals surface area contributed by atoms with Gasteiger partial charge in [-0.2, -0.15) is 0 Å². The van der Waals surface area contributed by atoms with Gasteiger partial charge in [0.25, 0.3) is 5.91 Å². The molecule has 2 aliphatic rings. The molecule has 2 fully saturated rings. The van der Waals surface area contributed by atoms with Crippen LogP contribution in [0.4, 0.5) is 0 Å². The minimum atomic E-state index is 0.0416. The molecule has 0 radical (unpaired) electrons. The molecule has 2 aromatic carbocycles. The molecule has 0 aliphatic carbocycles. The molecule has 0 N–H and O–H groups in total. The van der Waals surface area contributed by atoms with Crippen LogP contribution < -0.4 is 0 Å². The van der Waals surface area contributed by atoms with E-state index in [9.17, 15) is 4.79 Å². The largest absolute Gasteiger partial charge is 0.380 e. The number of aryl methyl sites for hydroxylation is 2. The van der Waals surface area contributed by atoms with Gasteiger partial charge in [0.2, 0.25) is 0 Å². The molecule has 3 aromatic rings. The summed E-state index contributed by atoms with van der Waals surface area (Å²) in [5.74, 6) is 0.0416. The Hall–Kier alpha value is -3.09. The van der Waals surface area contributed by atoms with Crippen molar-refractivity contribution in [3.05, 3.63) is 83.4 Å². The third kappa shape index (κ3) is 5.82. The quantitative estimate of drug-likeness (QED) is 0.513. The Morgan fingerprint density at radius 2 is 1.72 bits per heavy atom. The minimum Gasteiger partial charge on any atom is -0.380 e. The van der Waals surface area contributed by atoms with Crippen molar-refractivity contribution in [2.45, 2.75) is 45.1 Å². The average molecular weight is 485 g/mol. The fourth-order valence-electron chi connectivity index (χ4n) is 5.47. The number of carbonyl (C=O) groups excluding carboxylic acids is 1. The molecule has 6 heteroatoms. The molecule has 6 nitrogen and oxygen atoms in total. The van der Waals surface area contributed by atoms with Gasteiger partial charge in [0.05, 0.1) is 6.61 Å². The molecule has 1 amide bonds. The van der Waals surface area contributed by atoms with Gasteiger partial charge in [-0.3, -0.25) is 9.69 Å². The van der Waals surface area contributed by atoms with Crippen LogP contribution in [0.3, 0.4) is 0 Å². The number of nitrogens with zero attached hydrogens (tertiary/aromatic N) is 4. The van der Waals surface area contributed by atoms with Crippen molar-refractivity contribution >= 4 is 5.91 Å². The summed E-state index contributed by atoms with van der Waals surface area (Å²) in [7, 11) is 0. The highest BCUT2D eigenvalue weighted by molar-refractivity contribution is 5.93. The standard InChI is InChI=1S/C30H36N4O2/c1-23-28(12-11-24-7-5-10-26(21-24)25-8-3-2-4-9-25)31-22-32-29(23)30(35)34-16-13-27(14-17-34)33-15-6-19-36-20-18-33/h2-5,7-10,21-22,27H,6,11-20H2,1H3. The second-order valence-corrected chi connectivity index (χ2v) is 9.89. The Kier molecular flexibility index (Phi) is 8.04. The molecule has 0 atom stereocenters. The molecule has 2 saturated heterocycles. The molecule has 5 rings (SSSR count). The molecule has 0 unspecified atom stereocenters. The van der Waals surface area contributed by atoms with Crippen LogP contribution in [0.5, 0.6) is 0 Å². The zero-order valence-corrected chi connectivity index (χ0v) is 21.2. The number of hydrogen-bond donors (Lipinski definition) is 0. The maximum atomic E-state index is 13.4. The van der Waals surface area contributed by atoms with Crippen molar-refractivity contribution < 1.29 is 9.53 Å². The van der Waals surface area contributed by atoms with Crippen molar-refractivity contribution in [1.82, 2.24) is 19.8 Å². The molecular formula is C30H36N4O2. The number of ether oxygens (including phenoxy) is 1. The van der Waals surface area contributed by atoms with Crippen molar-refractivity contribution in [3.8, 4) is 11.1 Å². The van der Waals surface area contributed by atoms with Gasteiger partial charge >= 0.3 is 0 Å². The Morgan fingerprint density at radius 3 is 2.56 bits per heavy atom. The first kappa shape index (κ1) is 24.6. The lowest BCUT2D eigenvalue weighted by Gasteiger charge is -2.38. The number of hydrogen-bond acceptors (Lipinski definition) is 5. The molecule has 2 aliphatic heterocycles. The predicted molar refractivity (Wildman–Crippen MR) is 142 cm³/mol. The zero-order chi connectivity index (χ0) is 24.7.